The Bertz CT molecular complexity index is 2590. The molecule has 4 saturated carbocycles. The van der Waals surface area contributed by atoms with Gasteiger partial charge in [-0.1, -0.05) is 91.0 Å². The summed E-state index contributed by atoms with van der Waals surface area (Å²) in [7, 11) is 0. The SMILES string of the molecule is c1ccc(N(c2ccc(-c3cccc(N(c4ccccc4)c4ccc5c(c4)oc4ccccc45)c3)cc2)c2ccc(C34CC5CC(CC(C5)C3)C4)cc2)cc1. The van der Waals surface area contributed by atoms with Crippen molar-refractivity contribution < 1.29 is 4.42 Å². The molecule has 1 aromatic heterocycles. The molecule has 8 aromatic rings. The zero-order chi connectivity index (χ0) is 36.3. The molecule has 0 spiro atoms. The first kappa shape index (κ1) is 32.4. The number of fused-ring (bicyclic) bond motifs is 3. The van der Waals surface area contributed by atoms with Gasteiger partial charge in [0.15, 0.2) is 0 Å². The normalized spacial score (nSPS) is 21.3. The first-order valence-corrected chi connectivity index (χ1v) is 20.1. The van der Waals surface area contributed by atoms with E-state index in [0.717, 1.165) is 62.4 Å². The summed E-state index contributed by atoms with van der Waals surface area (Å²) in [6, 6.07) is 63.8. The molecule has 12 rings (SSSR count). The van der Waals surface area contributed by atoms with Crippen LogP contribution in [0, 0.1) is 17.8 Å². The van der Waals surface area contributed by atoms with E-state index in [2.05, 4.69) is 174 Å². The third-order valence-corrected chi connectivity index (χ3v) is 13.0. The van der Waals surface area contributed by atoms with E-state index in [0.29, 0.717) is 5.41 Å². The smallest absolute Gasteiger partial charge is 0.137 e. The maximum Gasteiger partial charge on any atom is 0.137 e. The zero-order valence-electron chi connectivity index (χ0n) is 31.0. The van der Waals surface area contributed by atoms with Crippen molar-refractivity contribution in [2.24, 2.45) is 17.8 Å². The number of anilines is 6. The van der Waals surface area contributed by atoms with Crippen molar-refractivity contribution in [3.63, 3.8) is 0 Å². The van der Waals surface area contributed by atoms with Crippen molar-refractivity contribution in [3.05, 3.63) is 181 Å². The molecule has 0 atom stereocenters. The molecular weight excluding hydrogens is 669 g/mol. The molecule has 0 aliphatic heterocycles. The minimum absolute atomic E-state index is 0.400. The van der Waals surface area contributed by atoms with Gasteiger partial charge in [0.25, 0.3) is 0 Å². The van der Waals surface area contributed by atoms with Crippen LogP contribution in [0.15, 0.2) is 180 Å². The largest absolute Gasteiger partial charge is 0.456 e. The first-order valence-electron chi connectivity index (χ1n) is 20.1. The predicted molar refractivity (Wildman–Crippen MR) is 228 cm³/mol. The summed E-state index contributed by atoms with van der Waals surface area (Å²) in [5.41, 5.74) is 12.9. The Labute approximate surface area is 323 Å². The third-order valence-electron chi connectivity index (χ3n) is 13.0. The van der Waals surface area contributed by atoms with Gasteiger partial charge in [-0.05, 0) is 157 Å². The summed E-state index contributed by atoms with van der Waals surface area (Å²) in [4.78, 5) is 4.71. The highest BCUT2D eigenvalue weighted by Gasteiger charge is 2.51. The number of nitrogens with zero attached hydrogens (tertiary/aromatic N) is 2. The molecule has 0 amide bonds. The Kier molecular flexibility index (Phi) is 7.69. The topological polar surface area (TPSA) is 19.6 Å². The summed E-state index contributed by atoms with van der Waals surface area (Å²) < 4.78 is 6.33. The number of para-hydroxylation sites is 3. The van der Waals surface area contributed by atoms with Gasteiger partial charge in [0.2, 0.25) is 0 Å². The van der Waals surface area contributed by atoms with Gasteiger partial charge < -0.3 is 14.2 Å². The van der Waals surface area contributed by atoms with Crippen LogP contribution >= 0.6 is 0 Å². The lowest BCUT2D eigenvalue weighted by molar-refractivity contribution is -0.00518. The highest BCUT2D eigenvalue weighted by atomic mass is 16.3. The lowest BCUT2D eigenvalue weighted by atomic mass is 9.48. The predicted octanol–water partition coefficient (Wildman–Crippen LogP) is 14.7. The Morgan fingerprint density at radius 2 is 0.873 bits per heavy atom. The lowest BCUT2D eigenvalue weighted by Gasteiger charge is -2.57. The number of furan rings is 1. The van der Waals surface area contributed by atoms with Crippen LogP contribution in [0.5, 0.6) is 0 Å². The molecule has 4 fully saturated rings. The van der Waals surface area contributed by atoms with Gasteiger partial charge in [-0.25, -0.2) is 0 Å². The Hall–Kier alpha value is -6.06. The van der Waals surface area contributed by atoms with Crippen molar-refractivity contribution in [1.29, 1.82) is 0 Å². The van der Waals surface area contributed by atoms with E-state index in [1.54, 1.807) is 5.56 Å². The van der Waals surface area contributed by atoms with Crippen molar-refractivity contribution in [1.82, 2.24) is 0 Å². The highest BCUT2D eigenvalue weighted by Crippen LogP contribution is 2.61. The molecule has 3 nitrogen and oxygen atoms in total. The van der Waals surface area contributed by atoms with E-state index in [1.165, 1.54) is 61.0 Å². The maximum absolute atomic E-state index is 6.33. The second-order valence-electron chi connectivity index (χ2n) is 16.5. The maximum atomic E-state index is 6.33. The van der Waals surface area contributed by atoms with E-state index in [-0.39, 0.29) is 0 Å². The fourth-order valence-corrected chi connectivity index (χ4v) is 11.0. The molecule has 4 bridgehead atoms. The molecule has 55 heavy (non-hydrogen) atoms. The summed E-state index contributed by atoms with van der Waals surface area (Å²) in [5.74, 6) is 2.83. The minimum Gasteiger partial charge on any atom is -0.456 e. The average molecular weight is 713 g/mol. The number of hydrogen-bond donors (Lipinski definition) is 0. The van der Waals surface area contributed by atoms with E-state index >= 15 is 0 Å². The minimum atomic E-state index is 0.400. The van der Waals surface area contributed by atoms with Crippen LogP contribution in [-0.4, -0.2) is 0 Å². The summed E-state index contributed by atoms with van der Waals surface area (Å²) >= 11 is 0. The van der Waals surface area contributed by atoms with Gasteiger partial charge in [0, 0.05) is 51.0 Å². The number of benzene rings is 7. The van der Waals surface area contributed by atoms with Gasteiger partial charge in [0.05, 0.1) is 0 Å². The second kappa shape index (κ2) is 13.1. The third kappa shape index (κ3) is 5.72. The molecule has 0 unspecified atom stereocenters. The van der Waals surface area contributed by atoms with Crippen LogP contribution in [-0.2, 0) is 5.41 Å². The Morgan fingerprint density at radius 3 is 1.53 bits per heavy atom. The fourth-order valence-electron chi connectivity index (χ4n) is 11.0. The van der Waals surface area contributed by atoms with Gasteiger partial charge in [-0.2, -0.15) is 0 Å². The second-order valence-corrected chi connectivity index (χ2v) is 16.5. The molecule has 3 heteroatoms. The van der Waals surface area contributed by atoms with Crippen LogP contribution in [0.25, 0.3) is 33.1 Å². The van der Waals surface area contributed by atoms with Crippen LogP contribution < -0.4 is 9.80 Å². The van der Waals surface area contributed by atoms with Crippen molar-refractivity contribution in [2.45, 2.75) is 43.9 Å². The van der Waals surface area contributed by atoms with Crippen molar-refractivity contribution in [3.8, 4) is 11.1 Å². The molecule has 268 valence electrons. The molecule has 0 saturated heterocycles. The first-order chi connectivity index (χ1) is 27.2. The average Bonchev–Trinajstić information content (AvgIpc) is 3.60. The Balaban J connectivity index is 0.924. The van der Waals surface area contributed by atoms with Gasteiger partial charge >= 0.3 is 0 Å². The van der Waals surface area contributed by atoms with E-state index in [4.69, 9.17) is 4.42 Å². The molecule has 0 N–H and O–H groups in total. The quantitative estimate of drug-likeness (QED) is 0.156. The summed E-state index contributed by atoms with van der Waals surface area (Å²) in [6.07, 6.45) is 8.61. The van der Waals surface area contributed by atoms with E-state index in [1.807, 2.05) is 12.1 Å². The summed E-state index contributed by atoms with van der Waals surface area (Å²) in [6.45, 7) is 0. The van der Waals surface area contributed by atoms with Crippen LogP contribution in [0.3, 0.4) is 0 Å². The number of hydrogen-bond acceptors (Lipinski definition) is 3. The molecule has 0 radical (unpaired) electrons. The molecule has 7 aromatic carbocycles. The zero-order valence-corrected chi connectivity index (χ0v) is 31.0. The van der Waals surface area contributed by atoms with Crippen molar-refractivity contribution in [2.75, 3.05) is 9.80 Å². The Morgan fingerprint density at radius 1 is 0.382 bits per heavy atom. The highest BCUT2D eigenvalue weighted by molar-refractivity contribution is 6.06. The van der Waals surface area contributed by atoms with E-state index < -0.39 is 0 Å². The lowest BCUT2D eigenvalue weighted by Crippen LogP contribution is -2.48. The van der Waals surface area contributed by atoms with Gasteiger partial charge in [-0.3, -0.25) is 0 Å². The molecule has 1 heterocycles. The van der Waals surface area contributed by atoms with Gasteiger partial charge in [-0.15, -0.1) is 0 Å². The summed E-state index contributed by atoms with van der Waals surface area (Å²) in [5, 5.41) is 2.27. The molecular formula is C52H44N2O. The monoisotopic (exact) mass is 712 g/mol. The standard InChI is InChI=1S/C52H44N2O/c1-3-11-42(12-4-1)53(45-24-20-41(21-25-45)52-33-36-28-37(34-52)30-38(29-36)35-52)44-22-18-39(19-23-44)40-10-9-15-46(31-40)54(43-13-5-2-6-14-43)47-26-27-49-48-16-7-8-17-50(48)55-51(49)32-47/h1-27,31-32,36-38H,28-30,33-35H2. The number of rotatable bonds is 8. The van der Waals surface area contributed by atoms with Crippen LogP contribution in [0.1, 0.15) is 44.1 Å². The van der Waals surface area contributed by atoms with Crippen LogP contribution in [0.2, 0.25) is 0 Å². The van der Waals surface area contributed by atoms with E-state index in [9.17, 15) is 0 Å². The molecule has 4 aliphatic carbocycles. The van der Waals surface area contributed by atoms with Gasteiger partial charge in [0.1, 0.15) is 11.2 Å². The van der Waals surface area contributed by atoms with Crippen LogP contribution in [0.4, 0.5) is 34.1 Å². The van der Waals surface area contributed by atoms with Crippen molar-refractivity contribution >= 4 is 56.1 Å². The fraction of sp³-hybridized carbons (Fsp3) is 0.192. The molecule has 4 aliphatic rings.